The van der Waals surface area contributed by atoms with Gasteiger partial charge in [-0.1, -0.05) is 30.7 Å². The first-order valence-electron chi connectivity index (χ1n) is 13.0. The number of esters is 1. The highest BCUT2D eigenvalue weighted by molar-refractivity contribution is 5.87. The van der Waals surface area contributed by atoms with Crippen LogP contribution in [0.4, 0.5) is 0 Å². The second-order valence-corrected chi connectivity index (χ2v) is 11.2. The van der Waals surface area contributed by atoms with Crippen molar-refractivity contribution >= 4 is 11.9 Å². The van der Waals surface area contributed by atoms with Gasteiger partial charge >= 0.3 is 5.97 Å². The van der Waals surface area contributed by atoms with E-state index in [1.165, 1.54) is 13.0 Å². The smallest absolute Gasteiger partial charge is 0.303 e. The van der Waals surface area contributed by atoms with Gasteiger partial charge in [-0.2, -0.15) is 0 Å². The molecule has 3 rings (SSSR count). The zero-order valence-corrected chi connectivity index (χ0v) is 22.7. The van der Waals surface area contributed by atoms with Crippen LogP contribution in [0.5, 0.6) is 0 Å². The van der Waals surface area contributed by atoms with Gasteiger partial charge in [-0.25, -0.2) is 0 Å². The van der Waals surface area contributed by atoms with Crippen molar-refractivity contribution in [2.75, 3.05) is 6.61 Å². The molecule has 2 unspecified atom stereocenters. The molecule has 202 valence electrons. The maximum Gasteiger partial charge on any atom is 0.303 e. The molecule has 3 aliphatic heterocycles. The van der Waals surface area contributed by atoms with Crippen LogP contribution in [0, 0.1) is 5.92 Å². The highest BCUT2D eigenvalue weighted by Crippen LogP contribution is 2.43. The number of carbonyl (C=O) groups is 2. The first kappa shape index (κ1) is 28.6. The number of fused-ring (bicyclic) bond motifs is 1. The second-order valence-electron chi connectivity index (χ2n) is 11.2. The summed E-state index contributed by atoms with van der Waals surface area (Å²) in [4.78, 5) is 23.3. The van der Waals surface area contributed by atoms with E-state index < -0.39 is 17.8 Å². The number of hydrogen-bond acceptors (Lipinski definition) is 7. The van der Waals surface area contributed by atoms with E-state index in [0.29, 0.717) is 13.0 Å². The van der Waals surface area contributed by atoms with Crippen molar-refractivity contribution in [2.45, 2.75) is 115 Å². The molecule has 0 aromatic heterocycles. The fourth-order valence-corrected chi connectivity index (χ4v) is 5.10. The van der Waals surface area contributed by atoms with Crippen LogP contribution in [-0.4, -0.2) is 71.4 Å². The molecule has 0 aromatic rings. The van der Waals surface area contributed by atoms with Crippen molar-refractivity contribution in [3.63, 3.8) is 0 Å². The van der Waals surface area contributed by atoms with Gasteiger partial charge in [-0.3, -0.25) is 9.59 Å². The van der Waals surface area contributed by atoms with E-state index in [2.05, 4.69) is 18.3 Å². The molecular formula is C28H43NO7. The van der Waals surface area contributed by atoms with Gasteiger partial charge in [0.2, 0.25) is 5.91 Å². The lowest BCUT2D eigenvalue weighted by Crippen LogP contribution is -2.71. The Morgan fingerprint density at radius 3 is 2.58 bits per heavy atom. The molecule has 0 spiro atoms. The van der Waals surface area contributed by atoms with Crippen molar-refractivity contribution in [2.24, 2.45) is 5.92 Å². The van der Waals surface area contributed by atoms with E-state index in [4.69, 9.17) is 18.9 Å². The molecule has 8 nitrogen and oxygen atoms in total. The number of hydrogen-bond donors (Lipinski definition) is 2. The normalized spacial score (nSPS) is 37.3. The van der Waals surface area contributed by atoms with Crippen molar-refractivity contribution in [3.05, 3.63) is 36.0 Å². The molecule has 0 radical (unpaired) electrons. The first-order chi connectivity index (χ1) is 16.8. The molecule has 0 saturated carbocycles. The average molecular weight is 506 g/mol. The first-order valence-corrected chi connectivity index (χ1v) is 13.0. The molecule has 3 heterocycles. The van der Waals surface area contributed by atoms with Crippen molar-refractivity contribution in [1.29, 1.82) is 0 Å². The molecule has 8 atom stereocenters. The predicted octanol–water partition coefficient (Wildman–Crippen LogP) is 3.38. The Bertz CT molecular complexity index is 894. The largest absolute Gasteiger partial charge is 0.459 e. The zero-order valence-electron chi connectivity index (χ0n) is 22.7. The van der Waals surface area contributed by atoms with Crippen molar-refractivity contribution in [3.8, 4) is 0 Å². The minimum Gasteiger partial charge on any atom is -0.459 e. The van der Waals surface area contributed by atoms with Crippen LogP contribution in [0.1, 0.15) is 67.7 Å². The number of nitrogens with one attached hydrogen (secondary N) is 1. The van der Waals surface area contributed by atoms with Crippen molar-refractivity contribution < 1.29 is 33.6 Å². The Balaban J connectivity index is 1.50. The SMILES string of the molecule is CC(=O)O[C@H](C)/C=C\C(=O)NC1C[C@H](C)[C@H](C/C=C(C)/C=C/[C@H]2OC(C)(C)C[C@@H]3OCC32O)O[C@@H]1C. The van der Waals surface area contributed by atoms with E-state index in [9.17, 15) is 14.7 Å². The Kier molecular flexibility index (Phi) is 9.20. The predicted molar refractivity (Wildman–Crippen MR) is 136 cm³/mol. The molecule has 36 heavy (non-hydrogen) atoms. The number of allylic oxidation sites excluding steroid dienone is 2. The fraction of sp³-hybridized carbons (Fsp3) is 0.714. The van der Waals surface area contributed by atoms with Gasteiger partial charge < -0.3 is 29.4 Å². The molecular weight excluding hydrogens is 462 g/mol. The number of aliphatic hydroxyl groups is 1. The number of amides is 1. The maximum absolute atomic E-state index is 12.3. The van der Waals surface area contributed by atoms with Gasteiger partial charge in [0.15, 0.2) is 0 Å². The summed E-state index contributed by atoms with van der Waals surface area (Å²) < 4.78 is 23.0. The number of rotatable bonds is 8. The van der Waals surface area contributed by atoms with Crippen LogP contribution in [0.15, 0.2) is 36.0 Å². The van der Waals surface area contributed by atoms with Gasteiger partial charge in [0.25, 0.3) is 0 Å². The number of ether oxygens (including phenoxy) is 4. The molecule has 0 bridgehead atoms. The summed E-state index contributed by atoms with van der Waals surface area (Å²) in [6.07, 6.45) is 10.2. The summed E-state index contributed by atoms with van der Waals surface area (Å²) in [6.45, 7) is 13.5. The van der Waals surface area contributed by atoms with Crippen LogP contribution in [0.25, 0.3) is 0 Å². The summed E-state index contributed by atoms with van der Waals surface area (Å²) in [5.74, 6) is -0.346. The third kappa shape index (κ3) is 7.28. The maximum atomic E-state index is 12.3. The Morgan fingerprint density at radius 1 is 1.22 bits per heavy atom. The van der Waals surface area contributed by atoms with E-state index in [0.717, 1.165) is 18.4 Å². The van der Waals surface area contributed by atoms with Crippen LogP contribution in [0.2, 0.25) is 0 Å². The van der Waals surface area contributed by atoms with Gasteiger partial charge in [-0.15, -0.1) is 0 Å². The Labute approximate surface area is 215 Å². The Hall–Kier alpha value is -2.00. The molecule has 0 aromatic carbocycles. The van der Waals surface area contributed by atoms with Crippen molar-refractivity contribution in [1.82, 2.24) is 5.32 Å². The zero-order chi connectivity index (χ0) is 26.7. The fourth-order valence-electron chi connectivity index (χ4n) is 5.10. The number of carbonyl (C=O) groups excluding carboxylic acids is 2. The second kappa shape index (κ2) is 11.6. The lowest BCUT2D eigenvalue weighted by Gasteiger charge is -2.56. The van der Waals surface area contributed by atoms with Crippen LogP contribution < -0.4 is 5.32 Å². The summed E-state index contributed by atoms with van der Waals surface area (Å²) in [7, 11) is 0. The Morgan fingerprint density at radius 2 is 1.94 bits per heavy atom. The standard InChI is InChI=1S/C28H43NO7/c1-17(9-12-24-28(32)16-33-25(28)15-27(6,7)36-24)8-11-23-18(2)14-22(20(4)35-23)29-26(31)13-10-19(3)34-21(5)30/h8-10,12-13,18-20,22-25,32H,11,14-16H2,1-7H3,(H,29,31)/b12-9+,13-10-,17-8+/t18-,19+,20+,22?,23-,24+,25-,28?/m0/s1. The summed E-state index contributed by atoms with van der Waals surface area (Å²) in [5, 5.41) is 13.9. The molecule has 0 aliphatic carbocycles. The van der Waals surface area contributed by atoms with E-state index in [1.54, 1.807) is 13.0 Å². The third-order valence-corrected chi connectivity index (χ3v) is 7.31. The highest BCUT2D eigenvalue weighted by atomic mass is 16.6. The topological polar surface area (TPSA) is 103 Å². The lowest BCUT2D eigenvalue weighted by molar-refractivity contribution is -0.329. The van der Waals surface area contributed by atoms with Crippen LogP contribution >= 0.6 is 0 Å². The summed E-state index contributed by atoms with van der Waals surface area (Å²) >= 11 is 0. The third-order valence-electron chi connectivity index (χ3n) is 7.31. The molecule has 3 fully saturated rings. The molecule has 3 saturated heterocycles. The average Bonchev–Trinajstić information content (AvgIpc) is 2.77. The summed E-state index contributed by atoms with van der Waals surface area (Å²) in [5.41, 5.74) is -0.211. The van der Waals surface area contributed by atoms with Crippen LogP contribution in [0.3, 0.4) is 0 Å². The quantitative estimate of drug-likeness (QED) is 0.296. The molecule has 8 heteroatoms. The minimum absolute atomic E-state index is 0.0505. The van der Waals surface area contributed by atoms with Crippen LogP contribution in [-0.2, 0) is 28.5 Å². The van der Waals surface area contributed by atoms with Gasteiger partial charge in [0.1, 0.15) is 17.8 Å². The minimum atomic E-state index is -0.949. The van der Waals surface area contributed by atoms with E-state index >= 15 is 0 Å². The van der Waals surface area contributed by atoms with Gasteiger partial charge in [-0.05, 0) is 59.5 Å². The molecule has 3 aliphatic rings. The van der Waals surface area contributed by atoms with Gasteiger partial charge in [0.05, 0.1) is 36.6 Å². The summed E-state index contributed by atoms with van der Waals surface area (Å²) in [6, 6.07) is -0.0902. The molecule has 1 amide bonds. The van der Waals surface area contributed by atoms with Gasteiger partial charge in [0, 0.05) is 19.4 Å². The van der Waals surface area contributed by atoms with E-state index in [-0.39, 0.29) is 47.7 Å². The highest BCUT2D eigenvalue weighted by Gasteiger charge is 2.58. The monoisotopic (exact) mass is 505 g/mol. The van der Waals surface area contributed by atoms with E-state index in [1.807, 2.05) is 39.8 Å². The lowest BCUT2D eigenvalue weighted by atomic mass is 9.77. The molecule has 2 N–H and O–H groups in total.